The van der Waals surface area contributed by atoms with Crippen molar-refractivity contribution >= 4 is 33.1 Å². The third-order valence-electron chi connectivity index (χ3n) is 2.26. The van der Waals surface area contributed by atoms with Crippen LogP contribution in [0.2, 0.25) is 0 Å². The standard InChI is InChI=1S/C9H10N2O2S3/c10-7-8-1-2-9(15-8)16(12,13)11-3-5-14-6-4-11/h1-2H,3-6H2. The summed E-state index contributed by atoms with van der Waals surface area (Å²) in [5.41, 5.74) is 0. The van der Waals surface area contributed by atoms with E-state index in [2.05, 4.69) is 0 Å². The molecule has 0 aliphatic carbocycles. The highest BCUT2D eigenvalue weighted by Crippen LogP contribution is 2.26. The van der Waals surface area contributed by atoms with Gasteiger partial charge in [-0.25, -0.2) is 8.42 Å². The number of sulfonamides is 1. The Balaban J connectivity index is 2.27. The van der Waals surface area contributed by atoms with Crippen molar-refractivity contribution in [1.29, 1.82) is 5.26 Å². The first-order chi connectivity index (χ1) is 7.64. The fourth-order valence-corrected chi connectivity index (χ4v) is 5.27. The van der Waals surface area contributed by atoms with E-state index in [0.29, 0.717) is 18.0 Å². The zero-order valence-corrected chi connectivity index (χ0v) is 10.9. The first-order valence-electron chi connectivity index (χ1n) is 4.72. The summed E-state index contributed by atoms with van der Waals surface area (Å²) in [4.78, 5) is 0.435. The van der Waals surface area contributed by atoms with Gasteiger partial charge in [0.05, 0.1) is 0 Å². The lowest BCUT2D eigenvalue weighted by Crippen LogP contribution is -2.37. The van der Waals surface area contributed by atoms with E-state index in [-0.39, 0.29) is 4.21 Å². The molecule has 0 bridgehead atoms. The molecule has 0 aromatic carbocycles. The molecular weight excluding hydrogens is 264 g/mol. The maximum absolute atomic E-state index is 12.1. The van der Waals surface area contributed by atoms with Crippen LogP contribution in [0.3, 0.4) is 0 Å². The van der Waals surface area contributed by atoms with Crippen LogP contribution in [0.1, 0.15) is 4.88 Å². The Morgan fingerprint density at radius 3 is 2.56 bits per heavy atom. The van der Waals surface area contributed by atoms with Crippen molar-refractivity contribution in [2.45, 2.75) is 4.21 Å². The van der Waals surface area contributed by atoms with Gasteiger partial charge in [-0.05, 0) is 12.1 Å². The molecule has 0 N–H and O–H groups in total. The van der Waals surface area contributed by atoms with E-state index in [1.165, 1.54) is 10.4 Å². The van der Waals surface area contributed by atoms with Crippen LogP contribution in [0.4, 0.5) is 0 Å². The van der Waals surface area contributed by atoms with E-state index >= 15 is 0 Å². The molecule has 4 nitrogen and oxygen atoms in total. The predicted octanol–water partition coefficient (Wildman–Crippen LogP) is 1.36. The molecule has 1 aromatic rings. The van der Waals surface area contributed by atoms with Gasteiger partial charge < -0.3 is 0 Å². The first-order valence-corrected chi connectivity index (χ1v) is 8.13. The molecule has 16 heavy (non-hydrogen) atoms. The van der Waals surface area contributed by atoms with Gasteiger partial charge in [0, 0.05) is 24.6 Å². The van der Waals surface area contributed by atoms with Gasteiger partial charge >= 0.3 is 0 Å². The van der Waals surface area contributed by atoms with Crippen molar-refractivity contribution in [2.24, 2.45) is 0 Å². The highest BCUT2D eigenvalue weighted by atomic mass is 32.2. The Kier molecular flexibility index (Phi) is 3.54. The Morgan fingerprint density at radius 2 is 2.00 bits per heavy atom. The summed E-state index contributed by atoms with van der Waals surface area (Å²) in [6.07, 6.45) is 0. The monoisotopic (exact) mass is 274 g/mol. The summed E-state index contributed by atoms with van der Waals surface area (Å²) in [5, 5.41) is 8.68. The molecule has 0 unspecified atom stereocenters. The van der Waals surface area contributed by atoms with E-state index in [4.69, 9.17) is 5.26 Å². The second kappa shape index (κ2) is 4.75. The second-order valence-corrected chi connectivity index (χ2v) is 7.72. The van der Waals surface area contributed by atoms with E-state index in [1.807, 2.05) is 6.07 Å². The molecule has 0 radical (unpaired) electrons. The minimum absolute atomic E-state index is 0.274. The number of nitrogens with zero attached hydrogens (tertiary/aromatic N) is 2. The van der Waals surface area contributed by atoms with E-state index in [0.717, 1.165) is 22.8 Å². The Bertz CT molecular complexity index is 509. The largest absolute Gasteiger partial charge is 0.252 e. The molecule has 0 saturated carbocycles. The molecule has 1 fully saturated rings. The molecule has 86 valence electrons. The normalized spacial score (nSPS) is 18.2. The highest BCUT2D eigenvalue weighted by molar-refractivity contribution is 7.99. The SMILES string of the molecule is N#Cc1ccc(S(=O)(=O)N2CCSCC2)s1. The average molecular weight is 274 g/mol. The summed E-state index contributed by atoms with van der Waals surface area (Å²) in [6, 6.07) is 5.02. The quantitative estimate of drug-likeness (QED) is 0.817. The van der Waals surface area contributed by atoms with E-state index < -0.39 is 10.0 Å². The molecule has 2 heterocycles. The maximum atomic E-state index is 12.1. The van der Waals surface area contributed by atoms with Gasteiger partial charge in [-0.1, -0.05) is 0 Å². The van der Waals surface area contributed by atoms with Gasteiger partial charge in [-0.2, -0.15) is 21.3 Å². The zero-order valence-electron chi connectivity index (χ0n) is 8.42. The van der Waals surface area contributed by atoms with Gasteiger partial charge in [0.25, 0.3) is 10.0 Å². The topological polar surface area (TPSA) is 61.2 Å². The van der Waals surface area contributed by atoms with Crippen LogP contribution in [-0.2, 0) is 10.0 Å². The van der Waals surface area contributed by atoms with Crippen LogP contribution < -0.4 is 0 Å². The number of thioether (sulfide) groups is 1. The van der Waals surface area contributed by atoms with Crippen LogP contribution in [0, 0.1) is 11.3 Å². The Hall–Kier alpha value is -0.550. The molecular formula is C9H10N2O2S3. The van der Waals surface area contributed by atoms with E-state index in [9.17, 15) is 8.42 Å². The van der Waals surface area contributed by atoms with Gasteiger partial charge in [0.1, 0.15) is 15.2 Å². The van der Waals surface area contributed by atoms with Crippen LogP contribution in [0.5, 0.6) is 0 Å². The van der Waals surface area contributed by atoms with Crippen molar-refractivity contribution in [3.63, 3.8) is 0 Å². The van der Waals surface area contributed by atoms with Crippen molar-refractivity contribution in [1.82, 2.24) is 4.31 Å². The van der Waals surface area contributed by atoms with Crippen LogP contribution >= 0.6 is 23.1 Å². The summed E-state index contributed by atoms with van der Waals surface area (Å²) < 4.78 is 26.0. The smallest absolute Gasteiger partial charge is 0.206 e. The van der Waals surface area contributed by atoms with Crippen LogP contribution in [0.15, 0.2) is 16.3 Å². The minimum Gasteiger partial charge on any atom is -0.206 e. The molecule has 7 heteroatoms. The number of hydrogen-bond acceptors (Lipinski definition) is 5. The molecule has 2 rings (SSSR count). The van der Waals surface area contributed by atoms with Crippen LogP contribution in [0.25, 0.3) is 0 Å². The fourth-order valence-electron chi connectivity index (χ4n) is 1.43. The number of rotatable bonds is 2. The summed E-state index contributed by atoms with van der Waals surface area (Å²) in [6.45, 7) is 1.12. The third-order valence-corrected chi connectivity index (χ3v) is 6.55. The lowest BCUT2D eigenvalue weighted by atomic mass is 10.5. The highest BCUT2D eigenvalue weighted by Gasteiger charge is 2.27. The zero-order chi connectivity index (χ0) is 11.6. The molecule has 1 aliphatic rings. The Labute approximate surface area is 103 Å². The molecule has 0 atom stereocenters. The lowest BCUT2D eigenvalue weighted by molar-refractivity contribution is 0.445. The first kappa shape index (κ1) is 11.9. The third kappa shape index (κ3) is 2.25. The summed E-state index contributed by atoms with van der Waals surface area (Å²) in [7, 11) is -3.36. The maximum Gasteiger partial charge on any atom is 0.252 e. The molecule has 0 spiro atoms. The van der Waals surface area contributed by atoms with Gasteiger partial charge in [0.15, 0.2) is 0 Å². The Morgan fingerprint density at radius 1 is 1.31 bits per heavy atom. The summed E-state index contributed by atoms with van der Waals surface area (Å²) in [5.74, 6) is 1.69. The van der Waals surface area contributed by atoms with Gasteiger partial charge in [-0.3, -0.25) is 0 Å². The van der Waals surface area contributed by atoms with Crippen molar-refractivity contribution in [3.8, 4) is 6.07 Å². The van der Waals surface area contributed by atoms with Crippen LogP contribution in [-0.4, -0.2) is 37.3 Å². The van der Waals surface area contributed by atoms with E-state index in [1.54, 1.807) is 17.8 Å². The lowest BCUT2D eigenvalue weighted by Gasteiger charge is -2.24. The number of nitriles is 1. The number of hydrogen-bond donors (Lipinski definition) is 0. The van der Waals surface area contributed by atoms with Gasteiger partial charge in [-0.15, -0.1) is 11.3 Å². The molecule has 1 saturated heterocycles. The van der Waals surface area contributed by atoms with Crippen molar-refractivity contribution in [3.05, 3.63) is 17.0 Å². The second-order valence-electron chi connectivity index (χ2n) is 3.25. The fraction of sp³-hybridized carbons (Fsp3) is 0.444. The minimum atomic E-state index is -3.36. The molecule has 1 aliphatic heterocycles. The predicted molar refractivity (Wildman–Crippen MR) is 65.1 cm³/mol. The summed E-state index contributed by atoms with van der Waals surface area (Å²) >= 11 is 2.80. The number of thiophene rings is 1. The van der Waals surface area contributed by atoms with Crippen molar-refractivity contribution < 1.29 is 8.42 Å². The van der Waals surface area contributed by atoms with Gasteiger partial charge in [0.2, 0.25) is 0 Å². The van der Waals surface area contributed by atoms with Crippen molar-refractivity contribution in [2.75, 3.05) is 24.6 Å². The molecule has 0 amide bonds. The molecule has 1 aromatic heterocycles. The average Bonchev–Trinajstić information content (AvgIpc) is 2.79.